The third-order valence-corrected chi connectivity index (χ3v) is 10.8. The molecule has 0 aliphatic heterocycles. The van der Waals surface area contributed by atoms with E-state index in [1.807, 2.05) is 53.5 Å². The Bertz CT molecular complexity index is 2190. The molecule has 6 aromatic rings. The van der Waals surface area contributed by atoms with Crippen molar-refractivity contribution in [3.05, 3.63) is 101 Å². The third kappa shape index (κ3) is 8.95. The minimum absolute atomic E-state index is 0.0973. The van der Waals surface area contributed by atoms with Crippen LogP contribution >= 0.6 is 11.3 Å². The van der Waals surface area contributed by atoms with Gasteiger partial charge in [0.25, 0.3) is 5.88 Å². The highest BCUT2D eigenvalue weighted by Crippen LogP contribution is 2.44. The van der Waals surface area contributed by atoms with Crippen LogP contribution in [0.4, 0.5) is 5.82 Å². The Hall–Kier alpha value is -5.47. The van der Waals surface area contributed by atoms with Gasteiger partial charge in [-0.05, 0) is 72.7 Å². The van der Waals surface area contributed by atoms with Crippen LogP contribution in [0.5, 0.6) is 5.88 Å². The quantitative estimate of drug-likeness (QED) is 0.0575. The van der Waals surface area contributed by atoms with Gasteiger partial charge in [-0.15, -0.1) is 11.3 Å². The first-order chi connectivity index (χ1) is 25.7. The summed E-state index contributed by atoms with van der Waals surface area (Å²) in [5, 5.41) is 7.12. The standard InChI is InChI=1S/C42H47N7O3S/c1-27(2)39(35(15-11-20-44-25-50)29(4)31-16-18-32(19-17-31)40-30(5)45-26-53-40)37-22-38(48-52-37)51-21-10-6-7-13-33-23-49-24-36(46-42(49)47-41(33)43)34-14-9-8-12-28(34)3/h8-9,12,14,16-19,22-27,29,35,39H,6,10-11,15,20-21H2,1-5H3,(H,44,50)(H2,43,46,47). The van der Waals surface area contributed by atoms with E-state index in [9.17, 15) is 4.79 Å². The summed E-state index contributed by atoms with van der Waals surface area (Å²) >= 11 is 1.66. The average molecular weight is 730 g/mol. The molecule has 4 heterocycles. The third-order valence-electron chi connectivity index (χ3n) is 9.86. The maximum atomic E-state index is 11.0. The van der Waals surface area contributed by atoms with Gasteiger partial charge in [0.2, 0.25) is 12.2 Å². The molecule has 274 valence electrons. The minimum Gasteiger partial charge on any atom is -0.475 e. The molecular formula is C42H47N7O3S. The normalized spacial score (nSPS) is 13.0. The van der Waals surface area contributed by atoms with Gasteiger partial charge in [0.1, 0.15) is 11.6 Å². The number of nitrogens with zero attached hydrogens (tertiary/aromatic N) is 5. The van der Waals surface area contributed by atoms with Crippen LogP contribution in [0.15, 0.2) is 77.0 Å². The van der Waals surface area contributed by atoms with E-state index in [0.717, 1.165) is 47.5 Å². The zero-order chi connectivity index (χ0) is 37.3. The Morgan fingerprint density at radius 2 is 1.87 bits per heavy atom. The predicted octanol–water partition coefficient (Wildman–Crippen LogP) is 8.60. The summed E-state index contributed by atoms with van der Waals surface area (Å²) in [4.78, 5) is 25.7. The van der Waals surface area contributed by atoms with Crippen LogP contribution in [0.2, 0.25) is 0 Å². The highest BCUT2D eigenvalue weighted by atomic mass is 32.1. The molecule has 0 radical (unpaired) electrons. The number of rotatable bonds is 16. The van der Waals surface area contributed by atoms with Gasteiger partial charge in [0.05, 0.1) is 33.9 Å². The largest absolute Gasteiger partial charge is 0.475 e. The number of ether oxygens (including phenoxy) is 1. The zero-order valence-corrected chi connectivity index (χ0v) is 31.8. The maximum Gasteiger partial charge on any atom is 0.254 e. The van der Waals surface area contributed by atoms with Crippen molar-refractivity contribution in [2.24, 2.45) is 11.8 Å². The van der Waals surface area contributed by atoms with Gasteiger partial charge in [-0.3, -0.25) is 9.20 Å². The number of amides is 1. The molecule has 3 unspecified atom stereocenters. The lowest BCUT2D eigenvalue weighted by atomic mass is 9.71. The van der Waals surface area contributed by atoms with Gasteiger partial charge in [0, 0.05) is 42.9 Å². The maximum absolute atomic E-state index is 11.0. The molecule has 4 aromatic heterocycles. The monoisotopic (exact) mass is 729 g/mol. The summed E-state index contributed by atoms with van der Waals surface area (Å²) in [7, 11) is 0. The summed E-state index contributed by atoms with van der Waals surface area (Å²) in [6.45, 7) is 11.9. The average Bonchev–Trinajstić information content (AvgIpc) is 3.91. The lowest BCUT2D eigenvalue weighted by Gasteiger charge is -2.33. The number of aryl methyl sites for hydroxylation is 2. The lowest BCUT2D eigenvalue weighted by molar-refractivity contribution is -0.109. The van der Waals surface area contributed by atoms with E-state index in [4.69, 9.17) is 15.0 Å². The molecule has 1 amide bonds. The van der Waals surface area contributed by atoms with Crippen molar-refractivity contribution < 1.29 is 14.1 Å². The number of fused-ring (bicyclic) bond motifs is 1. The number of nitrogens with two attached hydrogens (primary N) is 1. The Morgan fingerprint density at radius 1 is 1.06 bits per heavy atom. The van der Waals surface area contributed by atoms with Gasteiger partial charge in [-0.25, -0.2) is 9.97 Å². The summed E-state index contributed by atoms with van der Waals surface area (Å²) < 4.78 is 13.9. The second kappa shape index (κ2) is 17.4. The number of carbonyl (C=O) groups excluding carboxylic acids is 1. The predicted molar refractivity (Wildman–Crippen MR) is 211 cm³/mol. The van der Waals surface area contributed by atoms with E-state index in [1.54, 1.807) is 11.3 Å². The Kier molecular flexibility index (Phi) is 12.2. The first-order valence-electron chi connectivity index (χ1n) is 18.2. The molecule has 10 nitrogen and oxygen atoms in total. The molecule has 3 atom stereocenters. The number of thiazole rings is 1. The first-order valence-corrected chi connectivity index (χ1v) is 19.1. The topological polar surface area (TPSA) is 133 Å². The van der Waals surface area contributed by atoms with Crippen molar-refractivity contribution in [1.29, 1.82) is 0 Å². The molecule has 6 rings (SSSR count). The van der Waals surface area contributed by atoms with E-state index in [2.05, 4.69) is 95.3 Å². The second-order valence-corrected chi connectivity index (χ2v) is 14.7. The fraction of sp³-hybridized carbons (Fsp3) is 0.357. The van der Waals surface area contributed by atoms with Crippen LogP contribution in [0.25, 0.3) is 27.5 Å². The molecule has 0 saturated carbocycles. The van der Waals surface area contributed by atoms with Crippen LogP contribution in [-0.4, -0.2) is 44.1 Å². The molecule has 0 bridgehead atoms. The number of imidazole rings is 1. The van der Waals surface area contributed by atoms with E-state index in [-0.39, 0.29) is 23.7 Å². The molecule has 0 spiro atoms. The molecule has 0 saturated heterocycles. The second-order valence-electron chi connectivity index (χ2n) is 13.8. The molecule has 53 heavy (non-hydrogen) atoms. The first kappa shape index (κ1) is 37.3. The van der Waals surface area contributed by atoms with Crippen molar-refractivity contribution in [3.63, 3.8) is 0 Å². The number of nitrogens with one attached hydrogen (secondary N) is 1. The molecule has 0 fully saturated rings. The molecule has 0 aliphatic rings. The number of aromatic nitrogens is 5. The van der Waals surface area contributed by atoms with Crippen LogP contribution in [-0.2, 0) is 4.79 Å². The highest BCUT2D eigenvalue weighted by molar-refractivity contribution is 7.13. The van der Waals surface area contributed by atoms with Crippen molar-refractivity contribution in [3.8, 4) is 39.4 Å². The zero-order valence-electron chi connectivity index (χ0n) is 31.0. The van der Waals surface area contributed by atoms with Crippen molar-refractivity contribution in [2.45, 2.75) is 72.1 Å². The van der Waals surface area contributed by atoms with Crippen molar-refractivity contribution >= 4 is 29.3 Å². The van der Waals surface area contributed by atoms with E-state index in [0.29, 0.717) is 49.0 Å². The number of hydrogen-bond donors (Lipinski definition) is 2. The minimum atomic E-state index is 0.0973. The Balaban J connectivity index is 1.08. The number of carbonyl (C=O) groups is 1. The van der Waals surface area contributed by atoms with Gasteiger partial charge < -0.3 is 20.3 Å². The van der Waals surface area contributed by atoms with Crippen LogP contribution in [0, 0.1) is 37.5 Å². The summed E-state index contributed by atoms with van der Waals surface area (Å²) in [5.74, 6) is 9.42. The van der Waals surface area contributed by atoms with E-state index >= 15 is 0 Å². The Labute approximate surface area is 315 Å². The smallest absolute Gasteiger partial charge is 0.254 e. The molecule has 0 aliphatic carbocycles. The highest BCUT2D eigenvalue weighted by Gasteiger charge is 2.34. The summed E-state index contributed by atoms with van der Waals surface area (Å²) in [5.41, 5.74) is 15.3. The van der Waals surface area contributed by atoms with Crippen molar-refractivity contribution in [2.75, 3.05) is 18.9 Å². The van der Waals surface area contributed by atoms with Gasteiger partial charge in [-0.1, -0.05) is 81.1 Å². The SMILES string of the molecule is Cc1ccccc1-c1cn2cc(C#CCCCOc3cc(C(C(C)C)C(CCCNC=O)C(C)c4ccc(-c5scnc5C)cc4)on3)c(N)nc2n1. The lowest BCUT2D eigenvalue weighted by Crippen LogP contribution is -2.25. The van der Waals surface area contributed by atoms with Crippen molar-refractivity contribution in [1.82, 2.24) is 29.8 Å². The number of nitrogen functional groups attached to an aromatic ring is 1. The van der Waals surface area contributed by atoms with Gasteiger partial charge in [0.15, 0.2) is 0 Å². The van der Waals surface area contributed by atoms with E-state index < -0.39 is 0 Å². The van der Waals surface area contributed by atoms with E-state index in [1.165, 1.54) is 16.0 Å². The number of benzene rings is 2. The Morgan fingerprint density at radius 3 is 2.60 bits per heavy atom. The molecule has 2 aromatic carbocycles. The van der Waals surface area contributed by atoms with Gasteiger partial charge >= 0.3 is 0 Å². The molecule has 3 N–H and O–H groups in total. The van der Waals surface area contributed by atoms with Gasteiger partial charge in [-0.2, -0.15) is 4.98 Å². The molecule has 11 heteroatoms. The number of unbranched alkanes of at least 4 members (excludes halogenated alkanes) is 1. The fourth-order valence-corrected chi connectivity index (χ4v) is 7.86. The number of hydrogen-bond acceptors (Lipinski definition) is 9. The summed E-state index contributed by atoms with van der Waals surface area (Å²) in [6, 6.07) is 18.9. The summed E-state index contributed by atoms with van der Waals surface area (Å²) in [6.07, 6.45) is 7.70. The van der Waals surface area contributed by atoms with Crippen LogP contribution in [0.3, 0.4) is 0 Å². The van der Waals surface area contributed by atoms with Crippen LogP contribution < -0.4 is 15.8 Å². The molecular weight excluding hydrogens is 683 g/mol. The fourth-order valence-electron chi connectivity index (χ4n) is 7.05. The van der Waals surface area contributed by atoms with Crippen LogP contribution in [0.1, 0.15) is 86.4 Å². The number of anilines is 1.